The molecular formula is C4H9ClO3. The first kappa shape index (κ1) is 10.7. The minimum absolute atomic E-state index is 0.250. The quantitative estimate of drug-likeness (QED) is 0.516. The lowest BCUT2D eigenvalue weighted by molar-refractivity contribution is -0.134. The molecule has 0 unspecified atom stereocenters. The molecule has 0 aliphatic rings. The van der Waals surface area contributed by atoms with Gasteiger partial charge < -0.3 is 10.2 Å². The van der Waals surface area contributed by atoms with Crippen LogP contribution in [0.25, 0.3) is 0 Å². The predicted octanol–water partition coefficient (Wildman–Crippen LogP) is 0.308. The summed E-state index contributed by atoms with van der Waals surface area (Å²) in [6.07, 6.45) is 0. The van der Waals surface area contributed by atoms with Crippen molar-refractivity contribution < 1.29 is 15.0 Å². The van der Waals surface area contributed by atoms with E-state index in [-0.39, 0.29) is 12.5 Å². The van der Waals surface area contributed by atoms with Gasteiger partial charge in [-0.3, -0.25) is 4.79 Å². The van der Waals surface area contributed by atoms with Gasteiger partial charge in [0.1, 0.15) is 5.88 Å². The van der Waals surface area contributed by atoms with E-state index in [1.54, 1.807) is 6.92 Å². The molecule has 0 amide bonds. The lowest BCUT2D eigenvalue weighted by Crippen LogP contribution is -1.92. The van der Waals surface area contributed by atoms with Crippen molar-refractivity contribution in [3.05, 3.63) is 0 Å². The first-order chi connectivity index (χ1) is 3.68. The maximum Gasteiger partial charge on any atom is 0.318 e. The SMILES string of the molecule is CCO.O=C(O)CCl. The predicted molar refractivity (Wildman–Crippen MR) is 31.1 cm³/mol. The van der Waals surface area contributed by atoms with Crippen LogP contribution in [0, 0.1) is 0 Å². The Kier molecular flexibility index (Phi) is 13.1. The van der Waals surface area contributed by atoms with Crippen molar-refractivity contribution in [1.82, 2.24) is 0 Å². The molecule has 0 saturated heterocycles. The van der Waals surface area contributed by atoms with E-state index in [2.05, 4.69) is 0 Å². The minimum atomic E-state index is -0.980. The molecule has 0 aliphatic carbocycles. The van der Waals surface area contributed by atoms with Crippen molar-refractivity contribution in [2.45, 2.75) is 6.92 Å². The Morgan fingerprint density at radius 1 is 1.75 bits per heavy atom. The Morgan fingerprint density at radius 3 is 1.88 bits per heavy atom. The average Bonchev–Trinajstić information content (AvgIpc) is 1.69. The van der Waals surface area contributed by atoms with Crippen LogP contribution in [0.2, 0.25) is 0 Å². The van der Waals surface area contributed by atoms with Crippen molar-refractivity contribution >= 4 is 17.6 Å². The number of hydrogen-bond acceptors (Lipinski definition) is 2. The lowest BCUT2D eigenvalue weighted by atomic mass is 10.8. The second-order valence-corrected chi connectivity index (χ2v) is 1.11. The molecule has 0 spiro atoms. The summed E-state index contributed by atoms with van der Waals surface area (Å²) in [6.45, 7) is 1.93. The second kappa shape index (κ2) is 9.87. The van der Waals surface area contributed by atoms with E-state index >= 15 is 0 Å². The van der Waals surface area contributed by atoms with Crippen molar-refractivity contribution in [3.63, 3.8) is 0 Å². The molecule has 8 heavy (non-hydrogen) atoms. The van der Waals surface area contributed by atoms with Gasteiger partial charge in [0.25, 0.3) is 0 Å². The van der Waals surface area contributed by atoms with Crippen LogP contribution in [-0.4, -0.2) is 28.7 Å². The molecule has 0 heterocycles. The van der Waals surface area contributed by atoms with Gasteiger partial charge >= 0.3 is 5.97 Å². The van der Waals surface area contributed by atoms with Crippen molar-refractivity contribution in [1.29, 1.82) is 0 Å². The third kappa shape index (κ3) is 43.1. The number of carbonyl (C=O) groups is 1. The van der Waals surface area contributed by atoms with E-state index in [0.717, 1.165) is 0 Å². The summed E-state index contributed by atoms with van der Waals surface area (Å²) >= 11 is 4.74. The highest BCUT2D eigenvalue weighted by Crippen LogP contribution is 1.67. The van der Waals surface area contributed by atoms with E-state index in [4.69, 9.17) is 21.8 Å². The fraction of sp³-hybridized carbons (Fsp3) is 0.750. The van der Waals surface area contributed by atoms with Gasteiger partial charge in [-0.25, -0.2) is 0 Å². The number of aliphatic hydroxyl groups is 1. The van der Waals surface area contributed by atoms with Crippen LogP contribution in [0.1, 0.15) is 6.92 Å². The first-order valence-electron chi connectivity index (χ1n) is 2.07. The van der Waals surface area contributed by atoms with E-state index in [1.165, 1.54) is 0 Å². The van der Waals surface area contributed by atoms with Crippen LogP contribution in [-0.2, 0) is 4.79 Å². The molecule has 0 radical (unpaired) electrons. The maximum absolute atomic E-state index is 9.24. The molecule has 0 saturated carbocycles. The summed E-state index contributed by atoms with van der Waals surface area (Å²) in [5, 5.41) is 15.2. The topological polar surface area (TPSA) is 57.5 Å². The zero-order valence-electron chi connectivity index (χ0n) is 4.59. The van der Waals surface area contributed by atoms with Gasteiger partial charge in [-0.05, 0) is 6.92 Å². The number of rotatable bonds is 1. The molecular weight excluding hydrogens is 131 g/mol. The van der Waals surface area contributed by atoms with E-state index in [9.17, 15) is 4.79 Å². The highest BCUT2D eigenvalue weighted by Gasteiger charge is 1.83. The van der Waals surface area contributed by atoms with Crippen molar-refractivity contribution in [2.75, 3.05) is 12.5 Å². The summed E-state index contributed by atoms with van der Waals surface area (Å²) in [6, 6.07) is 0. The molecule has 0 aromatic carbocycles. The number of alkyl halides is 1. The van der Waals surface area contributed by atoms with Crippen LogP contribution < -0.4 is 0 Å². The monoisotopic (exact) mass is 140 g/mol. The summed E-state index contributed by atoms with van der Waals surface area (Å²) in [5.41, 5.74) is 0. The van der Waals surface area contributed by atoms with Crippen molar-refractivity contribution in [3.8, 4) is 0 Å². The normalized spacial score (nSPS) is 6.88. The van der Waals surface area contributed by atoms with Gasteiger partial charge in [-0.2, -0.15) is 0 Å². The zero-order valence-corrected chi connectivity index (χ0v) is 5.35. The average molecular weight is 141 g/mol. The van der Waals surface area contributed by atoms with Crippen LogP contribution >= 0.6 is 11.6 Å². The van der Waals surface area contributed by atoms with Gasteiger partial charge in [0.05, 0.1) is 0 Å². The molecule has 50 valence electrons. The Bertz CT molecular complexity index is 55.2. The molecule has 0 aliphatic heterocycles. The Morgan fingerprint density at radius 2 is 1.88 bits per heavy atom. The van der Waals surface area contributed by atoms with E-state index in [1.807, 2.05) is 0 Å². The van der Waals surface area contributed by atoms with Gasteiger partial charge in [-0.1, -0.05) is 0 Å². The first-order valence-corrected chi connectivity index (χ1v) is 2.61. The number of hydrogen-bond donors (Lipinski definition) is 2. The highest BCUT2D eigenvalue weighted by molar-refractivity contribution is 6.26. The summed E-state index contributed by atoms with van der Waals surface area (Å²) in [7, 11) is 0. The molecule has 3 nitrogen and oxygen atoms in total. The number of aliphatic hydroxyl groups excluding tert-OH is 1. The number of aliphatic carboxylic acids is 1. The van der Waals surface area contributed by atoms with Gasteiger partial charge in [0.2, 0.25) is 0 Å². The van der Waals surface area contributed by atoms with E-state index < -0.39 is 5.97 Å². The maximum atomic E-state index is 9.24. The molecule has 0 fully saturated rings. The van der Waals surface area contributed by atoms with Gasteiger partial charge in [-0.15, -0.1) is 11.6 Å². The van der Waals surface area contributed by atoms with Crippen LogP contribution in [0.4, 0.5) is 0 Å². The summed E-state index contributed by atoms with van der Waals surface area (Å²) in [5.74, 6) is -1.29. The molecule has 4 heteroatoms. The molecule has 2 N–H and O–H groups in total. The second-order valence-electron chi connectivity index (χ2n) is 0.844. The lowest BCUT2D eigenvalue weighted by Gasteiger charge is -1.69. The summed E-state index contributed by atoms with van der Waals surface area (Å²) < 4.78 is 0. The number of carboxylic acid groups (broad SMARTS) is 1. The standard InChI is InChI=1S/C2H3ClO2.C2H6O/c3-1-2(4)5;1-2-3/h1H2,(H,4,5);3H,2H2,1H3. The van der Waals surface area contributed by atoms with Crippen LogP contribution in [0.15, 0.2) is 0 Å². The molecule has 0 rings (SSSR count). The third-order valence-corrected chi connectivity index (χ3v) is 0.343. The van der Waals surface area contributed by atoms with Gasteiger partial charge in [0, 0.05) is 6.61 Å². The molecule has 0 atom stereocenters. The van der Waals surface area contributed by atoms with Crippen LogP contribution in [0.3, 0.4) is 0 Å². The van der Waals surface area contributed by atoms with E-state index in [0.29, 0.717) is 0 Å². The van der Waals surface area contributed by atoms with Crippen molar-refractivity contribution in [2.24, 2.45) is 0 Å². The minimum Gasteiger partial charge on any atom is -0.480 e. The summed E-state index contributed by atoms with van der Waals surface area (Å²) in [4.78, 5) is 9.24. The number of halogens is 1. The fourth-order valence-electron chi connectivity index (χ4n) is 0. The molecule has 0 aromatic rings. The Balaban J connectivity index is 0. The molecule has 0 bridgehead atoms. The number of carboxylic acids is 1. The zero-order chi connectivity index (χ0) is 6.99. The molecule has 0 aromatic heterocycles. The van der Waals surface area contributed by atoms with Gasteiger partial charge in [0.15, 0.2) is 0 Å². The fourth-order valence-corrected chi connectivity index (χ4v) is 0. The Labute approximate surface area is 52.9 Å². The van der Waals surface area contributed by atoms with Crippen LogP contribution in [0.5, 0.6) is 0 Å². The smallest absolute Gasteiger partial charge is 0.318 e. The highest BCUT2D eigenvalue weighted by atomic mass is 35.5. The Hall–Kier alpha value is -0.280. The third-order valence-electron chi connectivity index (χ3n) is 0.114. The largest absolute Gasteiger partial charge is 0.480 e.